The maximum absolute atomic E-state index is 13.3. The molecule has 3 aliphatic carbocycles. The number of aromatic nitrogens is 1. The molecule has 0 bridgehead atoms. The summed E-state index contributed by atoms with van der Waals surface area (Å²) in [6.07, 6.45) is 11.3. The van der Waals surface area contributed by atoms with E-state index in [0.717, 1.165) is 62.7 Å². The summed E-state index contributed by atoms with van der Waals surface area (Å²) in [6.45, 7) is 2.25. The van der Waals surface area contributed by atoms with Crippen molar-refractivity contribution in [3.05, 3.63) is 6.20 Å². The highest BCUT2D eigenvalue weighted by Crippen LogP contribution is 2.38. The molecule has 0 aliphatic heterocycles. The van der Waals surface area contributed by atoms with Crippen molar-refractivity contribution < 1.29 is 23.1 Å². The zero-order valence-corrected chi connectivity index (χ0v) is 20.0. The van der Waals surface area contributed by atoms with Gasteiger partial charge in [0.25, 0.3) is 10.0 Å². The lowest BCUT2D eigenvalue weighted by Crippen LogP contribution is -2.51. The van der Waals surface area contributed by atoms with Crippen LogP contribution in [0.15, 0.2) is 10.4 Å². The molecule has 0 spiro atoms. The van der Waals surface area contributed by atoms with Crippen LogP contribution in [0.3, 0.4) is 0 Å². The third-order valence-corrected chi connectivity index (χ3v) is 9.94. The van der Waals surface area contributed by atoms with Crippen molar-refractivity contribution in [3.63, 3.8) is 0 Å². The second-order valence-electron chi connectivity index (χ2n) is 9.52. The van der Waals surface area contributed by atoms with E-state index in [0.29, 0.717) is 5.92 Å². The Hall–Kier alpha value is -1.72. The first-order valence-electron chi connectivity index (χ1n) is 11.5. The first-order valence-corrected chi connectivity index (χ1v) is 13.8. The van der Waals surface area contributed by atoms with Crippen LogP contribution >= 0.6 is 11.3 Å². The Morgan fingerprint density at radius 2 is 1.72 bits per heavy atom. The highest BCUT2D eigenvalue weighted by atomic mass is 32.2. The molecule has 1 aromatic heterocycles. The van der Waals surface area contributed by atoms with Crippen LogP contribution in [0.25, 0.3) is 0 Å². The molecule has 3 N–H and O–H groups in total. The highest BCUT2D eigenvalue weighted by Gasteiger charge is 2.53. The van der Waals surface area contributed by atoms with Crippen LogP contribution in [0.1, 0.15) is 77.6 Å². The number of carboxylic acids is 1. The Labute approximate surface area is 193 Å². The first kappa shape index (κ1) is 23.4. The number of amides is 2. The topological polar surface area (TPSA) is 129 Å². The number of nitrogens with zero attached hydrogens (tertiary/aromatic N) is 2. The van der Waals surface area contributed by atoms with Gasteiger partial charge < -0.3 is 10.0 Å². The van der Waals surface area contributed by atoms with E-state index in [1.54, 1.807) is 0 Å². The van der Waals surface area contributed by atoms with E-state index < -0.39 is 21.5 Å². The number of urea groups is 1. The molecule has 0 unspecified atom stereocenters. The lowest BCUT2D eigenvalue weighted by Gasteiger charge is -2.42. The minimum absolute atomic E-state index is 0.101. The molecule has 11 heteroatoms. The second-order valence-corrected chi connectivity index (χ2v) is 12.5. The van der Waals surface area contributed by atoms with E-state index in [2.05, 4.69) is 21.9 Å². The number of hydrogen-bond donors (Lipinski definition) is 3. The van der Waals surface area contributed by atoms with E-state index in [1.165, 1.54) is 12.6 Å². The molecule has 32 heavy (non-hydrogen) atoms. The summed E-state index contributed by atoms with van der Waals surface area (Å²) < 4.78 is 27.4. The summed E-state index contributed by atoms with van der Waals surface area (Å²) in [5.41, 5.74) is -1.41. The van der Waals surface area contributed by atoms with Crippen molar-refractivity contribution in [3.8, 4) is 0 Å². The summed E-state index contributed by atoms with van der Waals surface area (Å²) in [5, 5.41) is 12.3. The summed E-state index contributed by atoms with van der Waals surface area (Å²) in [6, 6.07) is 0.189. The zero-order valence-electron chi connectivity index (χ0n) is 18.4. The molecule has 9 nitrogen and oxygen atoms in total. The van der Waals surface area contributed by atoms with E-state index in [1.807, 2.05) is 4.90 Å². The molecule has 178 valence electrons. The fourth-order valence-electron chi connectivity index (χ4n) is 4.90. The van der Waals surface area contributed by atoms with Gasteiger partial charge in [0.2, 0.25) is 0 Å². The molecule has 2 amide bonds. The van der Waals surface area contributed by atoms with Gasteiger partial charge in [-0.3, -0.25) is 10.1 Å². The van der Waals surface area contributed by atoms with Gasteiger partial charge in [0.15, 0.2) is 9.34 Å². The van der Waals surface area contributed by atoms with Crippen molar-refractivity contribution in [1.82, 2.24) is 14.6 Å². The van der Waals surface area contributed by atoms with Gasteiger partial charge in [-0.15, -0.1) is 0 Å². The zero-order chi connectivity index (χ0) is 22.9. The van der Waals surface area contributed by atoms with Crippen molar-refractivity contribution in [1.29, 1.82) is 0 Å². The maximum atomic E-state index is 13.3. The number of anilines is 1. The van der Waals surface area contributed by atoms with Crippen molar-refractivity contribution in [2.75, 3.05) is 5.32 Å². The van der Waals surface area contributed by atoms with Gasteiger partial charge in [-0.05, 0) is 57.3 Å². The van der Waals surface area contributed by atoms with E-state index in [9.17, 15) is 23.1 Å². The standard InChI is InChI=1S/C21H32N4O5S2/c1-14-7-9-16(10-8-14)25(15-5-3-2-4-6-15)20(28)23-19-22-13-17(31-19)32(29,30)24-21(11-12-21)18(26)27/h13-16,24H,2-12H2,1H3,(H,26,27)(H,22,23,28). The Kier molecular flexibility index (Phi) is 6.78. The predicted octanol–water partition coefficient (Wildman–Crippen LogP) is 3.78. The molecule has 3 fully saturated rings. The van der Waals surface area contributed by atoms with E-state index in [-0.39, 0.29) is 40.3 Å². The van der Waals surface area contributed by atoms with Gasteiger partial charge in [0.1, 0.15) is 5.54 Å². The third kappa shape index (κ3) is 5.09. The first-order chi connectivity index (χ1) is 15.2. The molecule has 4 rings (SSSR count). The Morgan fingerprint density at radius 1 is 1.09 bits per heavy atom. The van der Waals surface area contributed by atoms with E-state index >= 15 is 0 Å². The summed E-state index contributed by atoms with van der Waals surface area (Å²) >= 11 is 0.846. The molecule has 0 radical (unpaired) electrons. The van der Waals surface area contributed by atoms with Crippen LogP contribution in [-0.4, -0.2) is 53.0 Å². The molecule has 0 saturated heterocycles. The molecular weight excluding hydrogens is 452 g/mol. The average Bonchev–Trinajstić information content (AvgIpc) is 3.37. The predicted molar refractivity (Wildman–Crippen MR) is 121 cm³/mol. The Morgan fingerprint density at radius 3 is 2.31 bits per heavy atom. The van der Waals surface area contributed by atoms with E-state index in [4.69, 9.17) is 0 Å². The fourth-order valence-corrected chi connectivity index (χ4v) is 7.34. The fraction of sp³-hybridized carbons (Fsp3) is 0.762. The van der Waals surface area contributed by atoms with Gasteiger partial charge in [0.05, 0.1) is 6.20 Å². The molecule has 3 saturated carbocycles. The largest absolute Gasteiger partial charge is 0.480 e. The molecule has 0 aromatic carbocycles. The average molecular weight is 485 g/mol. The number of aliphatic carboxylic acids is 1. The number of rotatable bonds is 7. The molecule has 3 aliphatic rings. The van der Waals surface area contributed by atoms with Crippen molar-refractivity contribution >= 4 is 38.5 Å². The molecule has 1 aromatic rings. The number of carboxylic acid groups (broad SMARTS) is 1. The minimum atomic E-state index is -4.02. The number of hydrogen-bond acceptors (Lipinski definition) is 6. The van der Waals surface area contributed by atoms with Crippen LogP contribution in [-0.2, 0) is 14.8 Å². The highest BCUT2D eigenvalue weighted by molar-refractivity contribution is 7.91. The molecular formula is C21H32N4O5S2. The van der Waals surface area contributed by atoms with Crippen LogP contribution in [0.5, 0.6) is 0 Å². The number of carbonyl (C=O) groups excluding carboxylic acids is 1. The number of sulfonamides is 1. The van der Waals surface area contributed by atoms with Crippen LogP contribution in [0, 0.1) is 5.92 Å². The molecule has 1 heterocycles. The molecule has 0 atom stereocenters. The SMILES string of the molecule is CC1CCC(N(C(=O)Nc2ncc(S(=O)(=O)NC3(C(=O)O)CC3)s2)C2CCCCC2)CC1. The quantitative estimate of drug-likeness (QED) is 0.540. The van der Waals surface area contributed by atoms with Crippen LogP contribution in [0.4, 0.5) is 9.93 Å². The maximum Gasteiger partial charge on any atom is 0.324 e. The van der Waals surface area contributed by atoms with Crippen LogP contribution < -0.4 is 10.0 Å². The monoisotopic (exact) mass is 484 g/mol. The second kappa shape index (κ2) is 9.26. The summed E-state index contributed by atoms with van der Waals surface area (Å²) in [7, 11) is -4.02. The van der Waals surface area contributed by atoms with Gasteiger partial charge in [-0.1, -0.05) is 37.5 Å². The van der Waals surface area contributed by atoms with Gasteiger partial charge >= 0.3 is 12.0 Å². The number of carbonyl (C=O) groups is 2. The number of nitrogens with one attached hydrogen (secondary N) is 2. The normalized spacial score (nSPS) is 25.8. The van der Waals surface area contributed by atoms with Gasteiger partial charge in [-0.2, -0.15) is 4.72 Å². The smallest absolute Gasteiger partial charge is 0.324 e. The summed E-state index contributed by atoms with van der Waals surface area (Å²) in [5.74, 6) is -0.494. The Balaban J connectivity index is 1.46. The third-order valence-electron chi connectivity index (χ3n) is 7.03. The minimum Gasteiger partial charge on any atom is -0.480 e. The Bertz CT molecular complexity index is 945. The van der Waals surface area contributed by atoms with Gasteiger partial charge in [0, 0.05) is 12.1 Å². The van der Waals surface area contributed by atoms with Crippen molar-refractivity contribution in [2.45, 2.75) is 99.4 Å². The summed E-state index contributed by atoms with van der Waals surface area (Å²) in [4.78, 5) is 30.8. The number of thiazole rings is 1. The lowest BCUT2D eigenvalue weighted by atomic mass is 9.84. The van der Waals surface area contributed by atoms with Crippen molar-refractivity contribution in [2.24, 2.45) is 5.92 Å². The van der Waals surface area contributed by atoms with Crippen LogP contribution in [0.2, 0.25) is 0 Å². The lowest BCUT2D eigenvalue weighted by molar-refractivity contribution is -0.140. The van der Waals surface area contributed by atoms with Gasteiger partial charge in [-0.25, -0.2) is 18.2 Å².